The number of rotatable bonds is 24. The quantitative estimate of drug-likeness (QED) is 0.0680. The van der Waals surface area contributed by atoms with E-state index in [9.17, 15) is 34.6 Å². The number of ether oxygens (including phenoxy) is 2. The van der Waals surface area contributed by atoms with Crippen LogP contribution in [0.1, 0.15) is 51.5 Å². The molecular weight excluding hydrogens is 670 g/mol. The summed E-state index contributed by atoms with van der Waals surface area (Å²) in [6.45, 7) is 5.07. The van der Waals surface area contributed by atoms with Gasteiger partial charge in [0.25, 0.3) is 10.2 Å². The van der Waals surface area contributed by atoms with Gasteiger partial charge in [-0.25, -0.2) is 4.79 Å². The zero-order chi connectivity index (χ0) is 35.6. The molecule has 0 radical (unpaired) electrons. The van der Waals surface area contributed by atoms with E-state index in [2.05, 4.69) is 15.0 Å². The van der Waals surface area contributed by atoms with Gasteiger partial charge in [0.2, 0.25) is 5.91 Å². The molecule has 1 fully saturated rings. The number of nitrogens with zero attached hydrogens (tertiary/aromatic N) is 3. The first-order valence-corrected chi connectivity index (χ1v) is 18.3. The summed E-state index contributed by atoms with van der Waals surface area (Å²) in [5.74, 6) is 0.338. The molecule has 0 bridgehead atoms. The zero-order valence-electron chi connectivity index (χ0n) is 27.7. The van der Waals surface area contributed by atoms with Crippen molar-refractivity contribution in [2.75, 3.05) is 62.5 Å². The Morgan fingerprint density at radius 2 is 1.48 bits per heavy atom. The van der Waals surface area contributed by atoms with Gasteiger partial charge in [-0.1, -0.05) is 50.6 Å². The molecule has 1 heterocycles. The molecule has 1 saturated heterocycles. The fourth-order valence-corrected chi connectivity index (χ4v) is 5.85. The van der Waals surface area contributed by atoms with Crippen LogP contribution in [-0.4, -0.2) is 114 Å². The molecule has 0 spiro atoms. The van der Waals surface area contributed by atoms with Crippen molar-refractivity contribution >= 4 is 41.4 Å². The molecule has 0 saturated carbocycles. The minimum atomic E-state index is -0.857. The highest BCUT2D eigenvalue weighted by molar-refractivity contribution is 7.99. The third kappa shape index (κ3) is 18.8. The Labute approximate surface area is 289 Å². The first-order valence-electron chi connectivity index (χ1n) is 16.0. The Hall–Kier alpha value is -3.35. The van der Waals surface area contributed by atoms with Crippen LogP contribution in [0.3, 0.4) is 0 Å². The van der Waals surface area contributed by atoms with Gasteiger partial charge in [-0.3, -0.25) is 14.9 Å². The molecule has 18 heteroatoms. The van der Waals surface area contributed by atoms with Gasteiger partial charge in [-0.2, -0.15) is 23.5 Å². The monoisotopic (exact) mass is 719 g/mol. The number of aryl methyl sites for hydroxylation is 1. The Morgan fingerprint density at radius 1 is 0.917 bits per heavy atom. The normalized spacial score (nSPS) is 15.0. The van der Waals surface area contributed by atoms with Crippen LogP contribution < -0.4 is 11.1 Å². The molecule has 1 amide bonds. The molecule has 272 valence electrons. The minimum Gasteiger partial charge on any atom is -0.464 e. The van der Waals surface area contributed by atoms with Crippen LogP contribution in [0.25, 0.3) is 0 Å². The first-order chi connectivity index (χ1) is 23.1. The molecule has 3 atom stereocenters. The SMILES string of the molecule is CCCC(NC(CCc1ccccc1)C(=O)OCCSCCO[N+](=O)[O-])C(=O)N1CCCC1C(=O)OCCSCCO[N+](=O)[O-].CCN. The third-order valence-electron chi connectivity index (χ3n) is 6.73. The number of thioether (sulfide) groups is 2. The largest absolute Gasteiger partial charge is 0.464 e. The molecule has 48 heavy (non-hydrogen) atoms. The lowest BCUT2D eigenvalue weighted by atomic mass is 10.0. The minimum absolute atomic E-state index is 0.0530. The van der Waals surface area contributed by atoms with Crippen LogP contribution >= 0.6 is 23.5 Å². The molecule has 0 aromatic heterocycles. The number of benzene rings is 1. The van der Waals surface area contributed by atoms with Crippen molar-refractivity contribution in [1.29, 1.82) is 0 Å². The number of carbonyl (C=O) groups excluding carboxylic acids is 3. The van der Waals surface area contributed by atoms with Gasteiger partial charge in [-0.05, 0) is 44.2 Å². The van der Waals surface area contributed by atoms with Crippen molar-refractivity contribution in [1.82, 2.24) is 10.2 Å². The molecule has 1 aliphatic rings. The molecule has 1 aromatic carbocycles. The lowest BCUT2D eigenvalue weighted by Gasteiger charge is -2.30. The smallest absolute Gasteiger partial charge is 0.328 e. The average Bonchev–Trinajstić information content (AvgIpc) is 3.55. The molecule has 2 rings (SSSR count). The van der Waals surface area contributed by atoms with Crippen LogP contribution in [0.5, 0.6) is 0 Å². The lowest BCUT2D eigenvalue weighted by molar-refractivity contribution is -0.756. The van der Waals surface area contributed by atoms with E-state index in [1.54, 1.807) is 0 Å². The summed E-state index contributed by atoms with van der Waals surface area (Å²) in [6, 6.07) is 7.42. The van der Waals surface area contributed by atoms with Gasteiger partial charge in [-0.15, -0.1) is 20.2 Å². The molecule has 0 aliphatic carbocycles. The Balaban J connectivity index is 0.00000369. The van der Waals surface area contributed by atoms with Crippen molar-refractivity contribution in [3.8, 4) is 0 Å². The summed E-state index contributed by atoms with van der Waals surface area (Å²) < 4.78 is 10.9. The van der Waals surface area contributed by atoms with Gasteiger partial charge >= 0.3 is 11.9 Å². The Kier molecular flexibility index (Phi) is 23.6. The van der Waals surface area contributed by atoms with Gasteiger partial charge < -0.3 is 29.8 Å². The second kappa shape index (κ2) is 26.6. The van der Waals surface area contributed by atoms with E-state index in [-0.39, 0.29) is 32.3 Å². The Bertz CT molecular complexity index is 1090. The van der Waals surface area contributed by atoms with E-state index in [0.717, 1.165) is 12.1 Å². The number of hydrogen-bond donors (Lipinski definition) is 2. The maximum absolute atomic E-state index is 13.8. The van der Waals surface area contributed by atoms with Crippen molar-refractivity contribution in [3.63, 3.8) is 0 Å². The number of nitrogens with two attached hydrogens (primary N) is 1. The third-order valence-corrected chi connectivity index (χ3v) is 8.55. The highest BCUT2D eigenvalue weighted by Crippen LogP contribution is 2.21. The summed E-state index contributed by atoms with van der Waals surface area (Å²) in [5.41, 5.74) is 5.88. The van der Waals surface area contributed by atoms with Crippen LogP contribution in [0.15, 0.2) is 30.3 Å². The molecule has 1 aliphatic heterocycles. The predicted octanol–water partition coefficient (Wildman–Crippen LogP) is 2.67. The second-order valence-corrected chi connectivity index (χ2v) is 12.8. The summed E-state index contributed by atoms with van der Waals surface area (Å²) in [4.78, 5) is 70.3. The molecule has 3 unspecified atom stereocenters. The lowest BCUT2D eigenvalue weighted by Crippen LogP contribution is -2.54. The van der Waals surface area contributed by atoms with Crippen LogP contribution in [-0.2, 0) is 40.0 Å². The standard InChI is InChI=1S/C28H42N4O11S2.C2H7N/c1-2-7-23(26(33)30-13-6-10-25(30)28(35)41-15-19-45-21-17-43-32(38)39)29-24(12-11-22-8-4-3-5-9-22)27(34)40-14-18-44-20-16-42-31(36)37;1-2-3/h3-5,8-9,23-25,29H,2,6-7,10-21H2,1H3;2-3H2,1H3. The molecule has 1 aromatic rings. The van der Waals surface area contributed by atoms with Crippen molar-refractivity contribution in [2.24, 2.45) is 5.73 Å². The highest BCUT2D eigenvalue weighted by Gasteiger charge is 2.39. The second-order valence-electron chi connectivity index (χ2n) is 10.4. The number of esters is 2. The maximum atomic E-state index is 13.8. The van der Waals surface area contributed by atoms with E-state index in [0.29, 0.717) is 68.1 Å². The zero-order valence-corrected chi connectivity index (χ0v) is 29.3. The number of carbonyl (C=O) groups is 3. The van der Waals surface area contributed by atoms with E-state index in [1.165, 1.54) is 28.4 Å². The summed E-state index contributed by atoms with van der Waals surface area (Å²) in [7, 11) is 0. The molecule has 3 N–H and O–H groups in total. The maximum Gasteiger partial charge on any atom is 0.328 e. The molecular formula is C30H49N5O11S2. The van der Waals surface area contributed by atoms with Gasteiger partial charge in [0.15, 0.2) is 0 Å². The molecule has 16 nitrogen and oxygen atoms in total. The van der Waals surface area contributed by atoms with Crippen LogP contribution in [0, 0.1) is 20.2 Å². The summed E-state index contributed by atoms with van der Waals surface area (Å²) in [5, 5.41) is 22.0. The Morgan fingerprint density at radius 3 is 2.04 bits per heavy atom. The number of hydrogen-bond acceptors (Lipinski definition) is 15. The first kappa shape index (κ1) is 42.7. The van der Waals surface area contributed by atoms with Crippen molar-refractivity contribution < 1.29 is 43.7 Å². The average molecular weight is 720 g/mol. The van der Waals surface area contributed by atoms with Gasteiger partial charge in [0.05, 0.1) is 6.04 Å². The van der Waals surface area contributed by atoms with Crippen LogP contribution in [0.2, 0.25) is 0 Å². The summed E-state index contributed by atoms with van der Waals surface area (Å²) in [6.07, 6.45) is 3.17. The number of amides is 1. The number of likely N-dealkylation sites (tertiary alicyclic amines) is 1. The number of nitrogens with one attached hydrogen (secondary N) is 1. The van der Waals surface area contributed by atoms with E-state index in [1.807, 2.05) is 44.2 Å². The topological polar surface area (TPSA) is 216 Å². The predicted molar refractivity (Wildman–Crippen MR) is 182 cm³/mol. The fraction of sp³-hybridized carbons (Fsp3) is 0.700. The van der Waals surface area contributed by atoms with E-state index in [4.69, 9.17) is 15.2 Å². The van der Waals surface area contributed by atoms with E-state index >= 15 is 0 Å². The fourth-order valence-electron chi connectivity index (χ4n) is 4.65. The van der Waals surface area contributed by atoms with Crippen LogP contribution in [0.4, 0.5) is 0 Å². The van der Waals surface area contributed by atoms with E-state index < -0.39 is 40.2 Å². The van der Waals surface area contributed by atoms with Gasteiger partial charge in [0, 0.05) is 29.6 Å². The highest BCUT2D eigenvalue weighted by atomic mass is 32.2. The van der Waals surface area contributed by atoms with Gasteiger partial charge in [0.1, 0.15) is 38.5 Å². The van der Waals surface area contributed by atoms with Crippen molar-refractivity contribution in [2.45, 2.75) is 70.5 Å². The van der Waals surface area contributed by atoms with Crippen molar-refractivity contribution in [3.05, 3.63) is 56.1 Å². The summed E-state index contributed by atoms with van der Waals surface area (Å²) >= 11 is 2.70.